The molecular formula is C29H23NO7S. The van der Waals surface area contributed by atoms with Crippen LogP contribution < -0.4 is 0 Å². The van der Waals surface area contributed by atoms with Gasteiger partial charge in [-0.2, -0.15) is 0 Å². The number of allylic oxidation sites excluding steroid dienone is 1. The molecule has 0 aliphatic carbocycles. The summed E-state index contributed by atoms with van der Waals surface area (Å²) in [6, 6.07) is 25.3. The molecule has 192 valence electrons. The van der Waals surface area contributed by atoms with Gasteiger partial charge < -0.3 is 14.2 Å². The highest BCUT2D eigenvalue weighted by atomic mass is 32.2. The number of fused-ring (bicyclic) bond motifs is 1. The smallest absolute Gasteiger partial charge is 0.339 e. The van der Waals surface area contributed by atoms with Crippen LogP contribution in [0, 0.1) is 0 Å². The van der Waals surface area contributed by atoms with Crippen molar-refractivity contribution in [2.75, 3.05) is 13.7 Å². The fourth-order valence-electron chi connectivity index (χ4n) is 4.26. The molecule has 2 aliphatic heterocycles. The van der Waals surface area contributed by atoms with E-state index in [2.05, 4.69) is 0 Å². The maximum atomic E-state index is 13.8. The van der Waals surface area contributed by atoms with Crippen LogP contribution in [0.25, 0.3) is 0 Å². The van der Waals surface area contributed by atoms with Gasteiger partial charge in [-0.25, -0.2) is 9.59 Å². The third-order valence-electron chi connectivity index (χ3n) is 6.18. The van der Waals surface area contributed by atoms with Crippen LogP contribution in [0.2, 0.25) is 0 Å². The first kappa shape index (κ1) is 25.4. The average molecular weight is 530 g/mol. The number of ether oxygens (including phenoxy) is 3. The minimum atomic E-state index is -1.01. The lowest BCUT2D eigenvalue weighted by atomic mass is 9.98. The van der Waals surface area contributed by atoms with Crippen molar-refractivity contribution in [3.05, 3.63) is 119 Å². The zero-order valence-electron chi connectivity index (χ0n) is 20.3. The molecule has 1 unspecified atom stereocenters. The summed E-state index contributed by atoms with van der Waals surface area (Å²) in [6.45, 7) is -0.366. The average Bonchev–Trinajstić information content (AvgIpc) is 2.97. The third-order valence-corrected chi connectivity index (χ3v) is 7.55. The minimum absolute atomic E-state index is 0.0185. The number of hydrogen-bond acceptors (Lipinski definition) is 8. The first-order valence-electron chi connectivity index (χ1n) is 11.8. The predicted molar refractivity (Wildman–Crippen MR) is 139 cm³/mol. The van der Waals surface area contributed by atoms with E-state index in [1.165, 1.54) is 12.0 Å². The second-order valence-corrected chi connectivity index (χ2v) is 9.69. The van der Waals surface area contributed by atoms with E-state index >= 15 is 0 Å². The molecule has 9 heteroatoms. The van der Waals surface area contributed by atoms with Crippen LogP contribution in [0.15, 0.2) is 102 Å². The van der Waals surface area contributed by atoms with Gasteiger partial charge in [-0.05, 0) is 24.3 Å². The van der Waals surface area contributed by atoms with E-state index in [-0.39, 0.29) is 17.9 Å². The number of carbonyl (C=O) groups excluding carboxylic acids is 4. The van der Waals surface area contributed by atoms with E-state index in [0.29, 0.717) is 16.7 Å². The first-order valence-corrected chi connectivity index (χ1v) is 12.8. The summed E-state index contributed by atoms with van der Waals surface area (Å²) in [5.74, 6) is -2.08. The van der Waals surface area contributed by atoms with Gasteiger partial charge in [0.25, 0.3) is 5.91 Å². The standard InChI is InChI=1S/C29H23NO7S/c1-35-24-25(32)30-22(23(31)18-11-5-2-6-12-18)21(17-36-27(33)19-13-7-3-8-14-19)29(38-26(24)30)37-28(34)20-15-9-4-10-16-20/h2-16,24,26,29H,17H2,1H3/t24-,26-,29?/m0/s1. The van der Waals surface area contributed by atoms with Gasteiger partial charge in [-0.1, -0.05) is 78.5 Å². The third kappa shape index (κ3) is 4.85. The van der Waals surface area contributed by atoms with E-state index in [4.69, 9.17) is 14.2 Å². The number of benzene rings is 3. The molecule has 38 heavy (non-hydrogen) atoms. The SMILES string of the molecule is CO[C@H]1C(=O)N2C(C(=O)c3ccccc3)=C(COC(=O)c3ccccc3)C(OC(=O)c3ccccc3)S[C@@H]12. The van der Waals surface area contributed by atoms with Crippen LogP contribution in [0.4, 0.5) is 0 Å². The van der Waals surface area contributed by atoms with Gasteiger partial charge in [-0.15, -0.1) is 0 Å². The van der Waals surface area contributed by atoms with E-state index in [9.17, 15) is 19.2 Å². The maximum Gasteiger partial charge on any atom is 0.339 e. The van der Waals surface area contributed by atoms with Crippen molar-refractivity contribution in [2.24, 2.45) is 0 Å². The Morgan fingerprint density at radius 2 is 1.32 bits per heavy atom. The molecule has 1 fully saturated rings. The van der Waals surface area contributed by atoms with E-state index < -0.39 is 40.5 Å². The Kier molecular flexibility index (Phi) is 7.39. The lowest BCUT2D eigenvalue weighted by molar-refractivity contribution is -0.158. The van der Waals surface area contributed by atoms with E-state index in [1.807, 2.05) is 0 Å². The van der Waals surface area contributed by atoms with Gasteiger partial charge in [0.05, 0.1) is 11.1 Å². The van der Waals surface area contributed by atoms with Crippen molar-refractivity contribution < 1.29 is 33.4 Å². The first-order chi connectivity index (χ1) is 18.5. The van der Waals surface area contributed by atoms with Crippen LogP contribution in [0.3, 0.4) is 0 Å². The number of thioether (sulfide) groups is 1. The molecule has 0 saturated carbocycles. The van der Waals surface area contributed by atoms with Gasteiger partial charge in [-0.3, -0.25) is 14.5 Å². The molecule has 3 aromatic carbocycles. The number of carbonyl (C=O) groups is 4. The Morgan fingerprint density at radius 3 is 1.87 bits per heavy atom. The van der Waals surface area contributed by atoms with Crippen LogP contribution in [0.1, 0.15) is 31.1 Å². The Balaban J connectivity index is 1.55. The summed E-state index contributed by atoms with van der Waals surface area (Å²) >= 11 is 1.15. The molecule has 2 heterocycles. The Labute approximate surface area is 223 Å². The molecule has 0 N–H and O–H groups in total. The maximum absolute atomic E-state index is 13.8. The number of nitrogens with zero attached hydrogens (tertiary/aromatic N) is 1. The highest BCUT2D eigenvalue weighted by Crippen LogP contribution is 2.46. The number of rotatable bonds is 8. The van der Waals surface area contributed by atoms with Crippen molar-refractivity contribution in [2.45, 2.75) is 16.9 Å². The van der Waals surface area contributed by atoms with Crippen LogP contribution in [-0.2, 0) is 19.0 Å². The molecule has 0 aromatic heterocycles. The molecule has 1 saturated heterocycles. The lowest BCUT2D eigenvalue weighted by Gasteiger charge is -2.50. The van der Waals surface area contributed by atoms with Crippen molar-refractivity contribution in [1.29, 1.82) is 0 Å². The van der Waals surface area contributed by atoms with Gasteiger partial charge in [0.15, 0.2) is 11.5 Å². The molecule has 0 spiro atoms. The fourth-order valence-corrected chi connectivity index (χ4v) is 5.70. The number of methoxy groups -OCH3 is 1. The van der Waals surface area contributed by atoms with Crippen molar-refractivity contribution >= 4 is 35.4 Å². The molecule has 0 bridgehead atoms. The topological polar surface area (TPSA) is 99.2 Å². The number of esters is 2. The molecule has 3 aromatic rings. The Morgan fingerprint density at radius 1 is 0.789 bits per heavy atom. The Hall–Kier alpha value is -4.21. The number of hydrogen-bond donors (Lipinski definition) is 0. The Bertz CT molecular complexity index is 1390. The molecule has 3 atom stereocenters. The minimum Gasteiger partial charge on any atom is -0.457 e. The summed E-state index contributed by atoms with van der Waals surface area (Å²) in [5.41, 5.74) is 0.187. The molecule has 1 amide bonds. The van der Waals surface area contributed by atoms with Gasteiger partial charge >= 0.3 is 11.9 Å². The number of Topliss-reactive ketones (excluding diaryl/α,β-unsaturated/α-hetero) is 1. The summed E-state index contributed by atoms with van der Waals surface area (Å²) in [5, 5.41) is -0.600. The van der Waals surface area contributed by atoms with Crippen molar-refractivity contribution in [3.8, 4) is 0 Å². The second-order valence-electron chi connectivity index (χ2n) is 8.51. The zero-order valence-corrected chi connectivity index (χ0v) is 21.1. The molecule has 8 nitrogen and oxygen atoms in total. The monoisotopic (exact) mass is 529 g/mol. The summed E-state index contributed by atoms with van der Waals surface area (Å²) in [4.78, 5) is 53.9. The van der Waals surface area contributed by atoms with Crippen LogP contribution in [0.5, 0.6) is 0 Å². The summed E-state index contributed by atoms with van der Waals surface area (Å²) in [6.07, 6.45) is -0.815. The van der Waals surface area contributed by atoms with Crippen LogP contribution in [-0.4, -0.2) is 59.2 Å². The highest BCUT2D eigenvalue weighted by molar-refractivity contribution is 8.00. The highest BCUT2D eigenvalue weighted by Gasteiger charge is 2.57. The second kappa shape index (κ2) is 11.0. The quantitative estimate of drug-likeness (QED) is 0.244. The van der Waals surface area contributed by atoms with E-state index in [0.717, 1.165) is 11.8 Å². The molecule has 2 aliphatic rings. The number of amides is 1. The molecule has 5 rings (SSSR count). The largest absolute Gasteiger partial charge is 0.457 e. The van der Waals surface area contributed by atoms with Gasteiger partial charge in [0.1, 0.15) is 17.7 Å². The lowest BCUT2D eigenvalue weighted by Crippen LogP contribution is -2.66. The van der Waals surface area contributed by atoms with Gasteiger partial charge in [0, 0.05) is 18.2 Å². The van der Waals surface area contributed by atoms with Crippen molar-refractivity contribution in [3.63, 3.8) is 0 Å². The number of β-lactam (4-membered cyclic amide) rings is 1. The fraction of sp³-hybridized carbons (Fsp3) is 0.172. The van der Waals surface area contributed by atoms with Crippen molar-refractivity contribution in [1.82, 2.24) is 4.90 Å². The number of ketones is 1. The van der Waals surface area contributed by atoms with Gasteiger partial charge in [0.2, 0.25) is 5.78 Å². The van der Waals surface area contributed by atoms with E-state index in [1.54, 1.807) is 91.0 Å². The normalized spacial score (nSPS) is 20.3. The molecular weight excluding hydrogens is 506 g/mol. The molecule has 0 radical (unpaired) electrons. The predicted octanol–water partition coefficient (Wildman–Crippen LogP) is 4.09. The summed E-state index contributed by atoms with van der Waals surface area (Å²) in [7, 11) is 1.41. The summed E-state index contributed by atoms with van der Waals surface area (Å²) < 4.78 is 16.8. The van der Waals surface area contributed by atoms with Crippen LogP contribution >= 0.6 is 11.8 Å². The zero-order chi connectivity index (χ0) is 26.6.